The van der Waals surface area contributed by atoms with Crippen molar-refractivity contribution in [1.82, 2.24) is 14.5 Å². The number of piperidine rings is 2. The minimum atomic E-state index is -3.67. The summed E-state index contributed by atoms with van der Waals surface area (Å²) >= 11 is 0. The van der Waals surface area contributed by atoms with Crippen LogP contribution in [0.5, 0.6) is 0 Å². The molecular formula is C24H37N3O5S. The second kappa shape index (κ2) is 11.0. The smallest absolute Gasteiger partial charge is 0.338 e. The molecule has 33 heavy (non-hydrogen) atoms. The van der Waals surface area contributed by atoms with Crippen LogP contribution in [0.3, 0.4) is 0 Å². The summed E-state index contributed by atoms with van der Waals surface area (Å²) in [7, 11) is -3.67. The lowest BCUT2D eigenvalue weighted by atomic mass is 9.95. The zero-order valence-corrected chi connectivity index (χ0v) is 20.8. The van der Waals surface area contributed by atoms with Crippen molar-refractivity contribution in [1.29, 1.82) is 0 Å². The lowest BCUT2D eigenvalue weighted by Crippen LogP contribution is -2.54. The van der Waals surface area contributed by atoms with Gasteiger partial charge in [-0.2, -0.15) is 4.31 Å². The normalized spacial score (nSPS) is 19.2. The van der Waals surface area contributed by atoms with Gasteiger partial charge in [-0.25, -0.2) is 13.2 Å². The van der Waals surface area contributed by atoms with E-state index in [1.165, 1.54) is 47.8 Å². The molecule has 2 aliphatic rings. The summed E-state index contributed by atoms with van der Waals surface area (Å²) in [5.74, 6) is -0.646. The number of benzene rings is 1. The Kier molecular flexibility index (Phi) is 8.53. The number of ether oxygens (including phenoxy) is 1. The van der Waals surface area contributed by atoms with E-state index >= 15 is 0 Å². The summed E-state index contributed by atoms with van der Waals surface area (Å²) in [5.41, 5.74) is 0.231. The zero-order chi connectivity index (χ0) is 24.1. The van der Waals surface area contributed by atoms with Crippen LogP contribution in [0.4, 0.5) is 0 Å². The second-order valence-corrected chi connectivity index (χ2v) is 11.4. The molecule has 184 valence electrons. The van der Waals surface area contributed by atoms with Gasteiger partial charge in [0, 0.05) is 31.1 Å². The number of hydrogen-bond donors (Lipinski definition) is 1. The summed E-state index contributed by atoms with van der Waals surface area (Å²) < 4.78 is 32.4. The fourth-order valence-corrected chi connectivity index (χ4v) is 6.01. The first kappa shape index (κ1) is 25.6. The van der Waals surface area contributed by atoms with Crippen molar-refractivity contribution in [2.75, 3.05) is 39.3 Å². The molecule has 2 fully saturated rings. The van der Waals surface area contributed by atoms with Crippen LogP contribution in [0.1, 0.15) is 63.2 Å². The molecule has 1 aromatic carbocycles. The van der Waals surface area contributed by atoms with Crippen molar-refractivity contribution >= 4 is 21.9 Å². The summed E-state index contributed by atoms with van der Waals surface area (Å²) in [6.07, 6.45) is 4.67. The van der Waals surface area contributed by atoms with Gasteiger partial charge in [0.1, 0.15) is 0 Å². The fourth-order valence-electron chi connectivity index (χ4n) is 4.54. The first-order valence-electron chi connectivity index (χ1n) is 12.0. The minimum absolute atomic E-state index is 0.0101. The maximum atomic E-state index is 13.0. The third-order valence-electron chi connectivity index (χ3n) is 6.74. The molecule has 0 bridgehead atoms. The van der Waals surface area contributed by atoms with Gasteiger partial charge < -0.3 is 10.1 Å². The van der Waals surface area contributed by atoms with Gasteiger partial charge in [-0.15, -0.1) is 0 Å². The molecule has 0 spiro atoms. The predicted molar refractivity (Wildman–Crippen MR) is 126 cm³/mol. The van der Waals surface area contributed by atoms with Crippen LogP contribution in [-0.4, -0.2) is 74.4 Å². The van der Waals surface area contributed by atoms with Crippen LogP contribution in [0, 0.1) is 5.92 Å². The van der Waals surface area contributed by atoms with E-state index in [-0.39, 0.29) is 28.9 Å². The molecule has 0 aromatic heterocycles. The predicted octanol–water partition coefficient (Wildman–Crippen LogP) is 2.64. The first-order chi connectivity index (χ1) is 15.6. The highest BCUT2D eigenvalue weighted by atomic mass is 32.2. The Balaban J connectivity index is 1.52. The number of carbonyl (C=O) groups excluding carboxylic acids is 2. The van der Waals surface area contributed by atoms with Gasteiger partial charge in [0.15, 0.2) is 0 Å². The highest BCUT2D eigenvalue weighted by molar-refractivity contribution is 7.89. The van der Waals surface area contributed by atoms with Gasteiger partial charge in [0.25, 0.3) is 0 Å². The van der Waals surface area contributed by atoms with Gasteiger partial charge in [-0.1, -0.05) is 6.42 Å². The van der Waals surface area contributed by atoms with Crippen LogP contribution in [0.2, 0.25) is 0 Å². The number of sulfonamides is 1. The molecule has 0 aliphatic carbocycles. The zero-order valence-electron chi connectivity index (χ0n) is 20.0. The molecule has 0 saturated carbocycles. The van der Waals surface area contributed by atoms with E-state index in [4.69, 9.17) is 4.74 Å². The molecule has 2 aliphatic heterocycles. The van der Waals surface area contributed by atoms with E-state index in [9.17, 15) is 18.0 Å². The number of amides is 1. The van der Waals surface area contributed by atoms with Gasteiger partial charge in [-0.05, 0) is 83.8 Å². The molecule has 8 nitrogen and oxygen atoms in total. The van der Waals surface area contributed by atoms with Crippen molar-refractivity contribution < 1.29 is 22.7 Å². The number of esters is 1. The standard InChI is InChI=1S/C24H37N3O5S/c1-4-32-23(29)20-8-10-21(11-9-20)33(30,31)27-16-12-19(13-17-27)22(28)25-18-24(2,3)26-14-6-5-7-15-26/h8-11,19H,4-7,12-18H2,1-3H3,(H,25,28). The molecule has 0 atom stereocenters. The molecule has 2 heterocycles. The van der Waals surface area contributed by atoms with Crippen LogP contribution in [0.25, 0.3) is 0 Å². The summed E-state index contributed by atoms with van der Waals surface area (Å²) in [6, 6.07) is 5.80. The number of carbonyl (C=O) groups is 2. The maximum Gasteiger partial charge on any atom is 0.338 e. The molecule has 9 heteroatoms. The Morgan fingerprint density at radius 1 is 1.03 bits per heavy atom. The Hall–Kier alpha value is -1.97. The van der Waals surface area contributed by atoms with Gasteiger partial charge >= 0.3 is 5.97 Å². The summed E-state index contributed by atoms with van der Waals surface area (Å²) in [5, 5.41) is 3.11. The number of likely N-dealkylation sites (tertiary alicyclic amines) is 1. The second-order valence-electron chi connectivity index (χ2n) is 9.50. The number of nitrogens with zero attached hydrogens (tertiary/aromatic N) is 2. The van der Waals surface area contributed by atoms with E-state index in [1.807, 2.05) is 0 Å². The molecule has 1 N–H and O–H groups in total. The topological polar surface area (TPSA) is 96.0 Å². The number of nitrogens with one attached hydrogen (secondary N) is 1. The Labute approximate surface area is 197 Å². The van der Waals surface area contributed by atoms with Crippen LogP contribution < -0.4 is 5.32 Å². The minimum Gasteiger partial charge on any atom is -0.462 e. The lowest BCUT2D eigenvalue weighted by molar-refractivity contribution is -0.126. The first-order valence-corrected chi connectivity index (χ1v) is 13.4. The van der Waals surface area contributed by atoms with Crippen molar-refractivity contribution in [2.45, 2.75) is 63.3 Å². The molecule has 0 unspecified atom stereocenters. The average molecular weight is 480 g/mol. The maximum absolute atomic E-state index is 13.0. The number of hydrogen-bond acceptors (Lipinski definition) is 6. The van der Waals surface area contributed by atoms with Crippen molar-refractivity contribution in [3.8, 4) is 0 Å². The average Bonchev–Trinajstić information content (AvgIpc) is 2.83. The third-order valence-corrected chi connectivity index (χ3v) is 8.65. The molecule has 2 saturated heterocycles. The van der Waals surface area contributed by atoms with Crippen LogP contribution >= 0.6 is 0 Å². The molecular weight excluding hydrogens is 442 g/mol. The van der Waals surface area contributed by atoms with Crippen LogP contribution in [0.15, 0.2) is 29.2 Å². The summed E-state index contributed by atoms with van der Waals surface area (Å²) in [4.78, 5) is 27.1. The quantitative estimate of drug-likeness (QED) is 0.576. The SMILES string of the molecule is CCOC(=O)c1ccc(S(=O)(=O)N2CCC(C(=O)NCC(C)(C)N3CCCCC3)CC2)cc1. The van der Waals surface area contributed by atoms with Gasteiger partial charge in [0.05, 0.1) is 17.1 Å². The monoisotopic (exact) mass is 479 g/mol. The third kappa shape index (κ3) is 6.33. The highest BCUT2D eigenvalue weighted by Crippen LogP contribution is 2.25. The van der Waals surface area contributed by atoms with Crippen LogP contribution in [-0.2, 0) is 19.6 Å². The molecule has 1 aromatic rings. The number of rotatable bonds is 8. The Bertz CT molecular complexity index is 916. The largest absolute Gasteiger partial charge is 0.462 e. The summed E-state index contributed by atoms with van der Waals surface area (Å²) in [6.45, 7) is 9.65. The molecule has 1 amide bonds. The van der Waals surface area contributed by atoms with Crippen molar-refractivity contribution in [2.24, 2.45) is 5.92 Å². The van der Waals surface area contributed by atoms with E-state index in [1.54, 1.807) is 6.92 Å². The molecule has 0 radical (unpaired) electrons. The molecule has 3 rings (SSSR count). The van der Waals surface area contributed by atoms with E-state index in [0.29, 0.717) is 38.0 Å². The van der Waals surface area contributed by atoms with E-state index in [0.717, 1.165) is 13.1 Å². The Morgan fingerprint density at radius 3 is 2.21 bits per heavy atom. The van der Waals surface area contributed by atoms with E-state index < -0.39 is 16.0 Å². The van der Waals surface area contributed by atoms with Crippen molar-refractivity contribution in [3.63, 3.8) is 0 Å². The van der Waals surface area contributed by atoms with E-state index in [2.05, 4.69) is 24.1 Å². The fraction of sp³-hybridized carbons (Fsp3) is 0.667. The Morgan fingerprint density at radius 2 is 1.64 bits per heavy atom. The van der Waals surface area contributed by atoms with Crippen molar-refractivity contribution in [3.05, 3.63) is 29.8 Å². The van der Waals surface area contributed by atoms with Gasteiger partial charge in [0.2, 0.25) is 15.9 Å². The van der Waals surface area contributed by atoms with Gasteiger partial charge in [-0.3, -0.25) is 9.69 Å². The lowest BCUT2D eigenvalue weighted by Gasteiger charge is -2.41. The highest BCUT2D eigenvalue weighted by Gasteiger charge is 2.34.